The van der Waals surface area contributed by atoms with E-state index >= 15 is 0 Å². The van der Waals surface area contributed by atoms with Crippen molar-refractivity contribution in [1.82, 2.24) is 4.90 Å². The van der Waals surface area contributed by atoms with Crippen LogP contribution in [-0.2, 0) is 9.53 Å². The molecule has 1 saturated heterocycles. The fourth-order valence-electron chi connectivity index (χ4n) is 2.82. The van der Waals surface area contributed by atoms with Crippen molar-refractivity contribution in [3.8, 4) is 0 Å². The van der Waals surface area contributed by atoms with Gasteiger partial charge in [-0.3, -0.25) is 9.69 Å². The highest BCUT2D eigenvalue weighted by Crippen LogP contribution is 2.30. The van der Waals surface area contributed by atoms with Gasteiger partial charge in [-0.25, -0.2) is 0 Å². The molecule has 3 atom stereocenters. The average Bonchev–Trinajstić information content (AvgIpc) is 2.96. The average molecular weight is 335 g/mol. The number of unbranched alkanes of at least 4 members (excludes halogenated alkanes) is 2. The number of carbonyl (C=O) groups excluding carboxylic acids is 1. The predicted molar refractivity (Wildman–Crippen MR) is 93.9 cm³/mol. The molecule has 1 fully saturated rings. The van der Waals surface area contributed by atoms with Crippen molar-refractivity contribution in [2.45, 2.75) is 51.7 Å². The van der Waals surface area contributed by atoms with Gasteiger partial charge in [0.05, 0.1) is 18.1 Å². The molecule has 23 heavy (non-hydrogen) atoms. The van der Waals surface area contributed by atoms with Gasteiger partial charge in [0.15, 0.2) is 0 Å². The van der Waals surface area contributed by atoms with Crippen LogP contribution >= 0.6 is 12.2 Å². The number of nitrogens with zero attached hydrogens (tertiary/aromatic N) is 1. The lowest BCUT2D eigenvalue weighted by molar-refractivity contribution is -0.135. The van der Waals surface area contributed by atoms with Crippen molar-refractivity contribution in [2.24, 2.45) is 5.92 Å². The summed E-state index contributed by atoms with van der Waals surface area (Å²) >= 11 is 5.21. The standard InChI is InChI=1S/C18H25NO3S/c1-3-4-6-11-16(20)13(2)17(21)19-15(12-22-18(19)23)14-9-7-5-8-10-14/h5,7-10,13,15-16,20H,3-4,6,11-12H2,1-2H3/t13-,15+,16+/m0/s1. The van der Waals surface area contributed by atoms with Crippen molar-refractivity contribution < 1.29 is 14.6 Å². The molecule has 1 N–H and O–H groups in total. The second-order valence-corrected chi connectivity index (χ2v) is 6.41. The van der Waals surface area contributed by atoms with E-state index in [2.05, 4.69) is 6.92 Å². The van der Waals surface area contributed by atoms with E-state index in [0.717, 1.165) is 24.8 Å². The maximum atomic E-state index is 12.8. The molecular weight excluding hydrogens is 310 g/mol. The van der Waals surface area contributed by atoms with E-state index in [9.17, 15) is 9.90 Å². The van der Waals surface area contributed by atoms with Crippen LogP contribution in [0.2, 0.25) is 0 Å². The van der Waals surface area contributed by atoms with Crippen molar-refractivity contribution in [1.29, 1.82) is 0 Å². The van der Waals surface area contributed by atoms with Crippen LogP contribution in [0.5, 0.6) is 0 Å². The molecule has 1 aliphatic rings. The number of rotatable bonds is 7. The topological polar surface area (TPSA) is 49.8 Å². The van der Waals surface area contributed by atoms with Crippen molar-refractivity contribution in [2.75, 3.05) is 6.61 Å². The van der Waals surface area contributed by atoms with Crippen molar-refractivity contribution in [3.05, 3.63) is 35.9 Å². The normalized spacial score (nSPS) is 20.2. The van der Waals surface area contributed by atoms with Crippen LogP contribution < -0.4 is 0 Å². The summed E-state index contributed by atoms with van der Waals surface area (Å²) in [6.07, 6.45) is 3.08. The van der Waals surface area contributed by atoms with Gasteiger partial charge in [-0.15, -0.1) is 0 Å². The maximum Gasteiger partial charge on any atom is 0.266 e. The molecular formula is C18H25NO3S. The molecule has 0 aliphatic carbocycles. The number of ether oxygens (including phenoxy) is 1. The molecule has 0 radical (unpaired) electrons. The Hall–Kier alpha value is -1.46. The zero-order valence-corrected chi connectivity index (χ0v) is 14.6. The summed E-state index contributed by atoms with van der Waals surface area (Å²) in [5.41, 5.74) is 0.994. The van der Waals surface area contributed by atoms with Crippen LogP contribution in [0.1, 0.15) is 51.1 Å². The van der Waals surface area contributed by atoms with Gasteiger partial charge in [0, 0.05) is 0 Å². The first-order valence-electron chi connectivity index (χ1n) is 8.29. The fraction of sp³-hybridized carbons (Fsp3) is 0.556. The molecule has 2 rings (SSSR count). The van der Waals surface area contributed by atoms with E-state index in [0.29, 0.717) is 13.0 Å². The Morgan fingerprint density at radius 2 is 2.09 bits per heavy atom. The van der Waals surface area contributed by atoms with E-state index in [4.69, 9.17) is 17.0 Å². The Balaban J connectivity index is 2.07. The van der Waals surface area contributed by atoms with Crippen LogP contribution in [0.25, 0.3) is 0 Å². The Bertz CT molecular complexity index is 534. The van der Waals surface area contributed by atoms with E-state index < -0.39 is 12.0 Å². The molecule has 0 bridgehead atoms. The third-order valence-electron chi connectivity index (χ3n) is 4.36. The van der Waals surface area contributed by atoms with E-state index in [1.54, 1.807) is 6.92 Å². The van der Waals surface area contributed by atoms with Crippen molar-refractivity contribution in [3.63, 3.8) is 0 Å². The minimum Gasteiger partial charge on any atom is -0.468 e. The SMILES string of the molecule is CCCCC[C@@H](O)[C@H](C)C(=O)N1C(=S)OC[C@@H]1c1ccccc1. The first kappa shape index (κ1) is 17.9. The summed E-state index contributed by atoms with van der Waals surface area (Å²) in [5, 5.41) is 10.5. The van der Waals surface area contributed by atoms with Gasteiger partial charge >= 0.3 is 0 Å². The minimum atomic E-state index is -0.645. The number of aliphatic hydroxyl groups is 1. The zero-order valence-electron chi connectivity index (χ0n) is 13.8. The maximum absolute atomic E-state index is 12.8. The molecule has 1 amide bonds. The molecule has 4 nitrogen and oxygen atoms in total. The third kappa shape index (κ3) is 4.30. The van der Waals surface area contributed by atoms with E-state index in [-0.39, 0.29) is 17.1 Å². The predicted octanol–water partition coefficient (Wildman–Crippen LogP) is 3.45. The lowest BCUT2D eigenvalue weighted by Crippen LogP contribution is -2.41. The molecule has 1 aromatic rings. The molecule has 5 heteroatoms. The first-order chi connectivity index (χ1) is 11.1. The lowest BCUT2D eigenvalue weighted by atomic mass is 9.96. The van der Waals surface area contributed by atoms with Gasteiger partial charge in [0.25, 0.3) is 5.17 Å². The smallest absolute Gasteiger partial charge is 0.266 e. The highest BCUT2D eigenvalue weighted by atomic mass is 32.1. The molecule has 126 valence electrons. The largest absolute Gasteiger partial charge is 0.468 e. The molecule has 0 spiro atoms. The van der Waals surface area contributed by atoms with Gasteiger partial charge in [0.2, 0.25) is 5.91 Å². The Kier molecular flexibility index (Phi) is 6.54. The molecule has 0 aromatic heterocycles. The zero-order chi connectivity index (χ0) is 16.8. The minimum absolute atomic E-state index is 0.162. The van der Waals surface area contributed by atoms with E-state index in [1.165, 1.54) is 4.90 Å². The monoisotopic (exact) mass is 335 g/mol. The van der Waals surface area contributed by atoms with Crippen LogP contribution in [0.3, 0.4) is 0 Å². The third-order valence-corrected chi connectivity index (χ3v) is 4.68. The van der Waals surface area contributed by atoms with Gasteiger partial charge < -0.3 is 9.84 Å². The number of thiocarbonyl (C=S) groups is 1. The van der Waals surface area contributed by atoms with Crippen LogP contribution in [0.4, 0.5) is 0 Å². The van der Waals surface area contributed by atoms with Crippen LogP contribution in [0, 0.1) is 5.92 Å². The quantitative estimate of drug-likeness (QED) is 0.612. The van der Waals surface area contributed by atoms with Crippen molar-refractivity contribution >= 4 is 23.3 Å². The molecule has 0 unspecified atom stereocenters. The lowest BCUT2D eigenvalue weighted by Gasteiger charge is -2.27. The first-order valence-corrected chi connectivity index (χ1v) is 8.70. The van der Waals surface area contributed by atoms with Crippen LogP contribution in [0.15, 0.2) is 30.3 Å². The summed E-state index contributed by atoms with van der Waals surface area (Å²) in [4.78, 5) is 14.3. The summed E-state index contributed by atoms with van der Waals surface area (Å²) in [7, 11) is 0. The molecule has 1 heterocycles. The Morgan fingerprint density at radius 3 is 2.74 bits per heavy atom. The van der Waals surface area contributed by atoms with Gasteiger partial charge in [0.1, 0.15) is 6.61 Å². The van der Waals surface area contributed by atoms with Crippen LogP contribution in [-0.4, -0.2) is 33.8 Å². The number of aliphatic hydroxyl groups excluding tert-OH is 1. The second kappa shape index (κ2) is 8.41. The summed E-state index contributed by atoms with van der Waals surface area (Å²) in [5.74, 6) is -0.650. The fourth-order valence-corrected chi connectivity index (χ4v) is 3.11. The summed E-state index contributed by atoms with van der Waals surface area (Å²) < 4.78 is 5.44. The molecule has 1 aromatic carbocycles. The highest BCUT2D eigenvalue weighted by Gasteiger charge is 2.39. The molecule has 0 saturated carbocycles. The number of benzene rings is 1. The highest BCUT2D eigenvalue weighted by molar-refractivity contribution is 7.80. The number of hydrogen-bond acceptors (Lipinski definition) is 4. The van der Waals surface area contributed by atoms with E-state index in [1.807, 2.05) is 30.3 Å². The Morgan fingerprint density at radius 1 is 1.39 bits per heavy atom. The number of hydrogen-bond donors (Lipinski definition) is 1. The van der Waals surface area contributed by atoms with Gasteiger partial charge in [-0.2, -0.15) is 0 Å². The number of amides is 1. The van der Waals surface area contributed by atoms with Gasteiger partial charge in [-0.1, -0.05) is 63.4 Å². The summed E-state index contributed by atoms with van der Waals surface area (Å²) in [6, 6.07) is 9.52. The summed E-state index contributed by atoms with van der Waals surface area (Å²) in [6.45, 7) is 4.25. The van der Waals surface area contributed by atoms with Gasteiger partial charge in [-0.05, 0) is 24.2 Å². The second-order valence-electron chi connectivity index (χ2n) is 6.06. The number of carbonyl (C=O) groups is 1. The molecule has 1 aliphatic heterocycles. The Labute approximate surface area is 143 Å².